The number of rotatable bonds is 3. The van der Waals surface area contributed by atoms with Gasteiger partial charge < -0.3 is 4.90 Å². The van der Waals surface area contributed by atoms with Gasteiger partial charge in [-0.05, 0) is 73.8 Å². The Hall–Kier alpha value is -2.27. The molecule has 0 bridgehead atoms. The summed E-state index contributed by atoms with van der Waals surface area (Å²) in [5.41, 5.74) is 4.56. The van der Waals surface area contributed by atoms with E-state index in [0.29, 0.717) is 11.5 Å². The Morgan fingerprint density at radius 3 is 2.15 bits per heavy atom. The van der Waals surface area contributed by atoms with Crippen LogP contribution in [0.15, 0.2) is 48.5 Å². The molecule has 2 nitrogen and oxygen atoms in total. The summed E-state index contributed by atoms with van der Waals surface area (Å²) in [6.07, 6.45) is 4.95. The zero-order valence-corrected chi connectivity index (χ0v) is 16.5. The maximum Gasteiger partial charge on any atom is 0.0995 e. The lowest BCUT2D eigenvalue weighted by Crippen LogP contribution is -2.37. The summed E-state index contributed by atoms with van der Waals surface area (Å²) in [6.45, 7) is 9.11. The van der Waals surface area contributed by atoms with E-state index in [4.69, 9.17) is 0 Å². The molecule has 2 heteroatoms. The number of hydrogen-bond acceptors (Lipinski definition) is 2. The minimum absolute atomic E-state index is 0.389. The van der Waals surface area contributed by atoms with Crippen molar-refractivity contribution >= 4 is 11.4 Å². The molecule has 136 valence electrons. The lowest BCUT2D eigenvalue weighted by atomic mass is 9.71. The van der Waals surface area contributed by atoms with Gasteiger partial charge >= 0.3 is 0 Å². The highest BCUT2D eigenvalue weighted by molar-refractivity contribution is 5.66. The Labute approximate surface area is 158 Å². The predicted octanol–water partition coefficient (Wildman–Crippen LogP) is 6.61. The highest BCUT2D eigenvalue weighted by atomic mass is 15.2. The van der Waals surface area contributed by atoms with Gasteiger partial charge in [-0.3, -0.25) is 0 Å². The van der Waals surface area contributed by atoms with Gasteiger partial charge in [0.2, 0.25) is 0 Å². The second kappa shape index (κ2) is 7.54. The monoisotopic (exact) mass is 346 g/mol. The number of benzene rings is 2. The molecule has 1 aliphatic carbocycles. The molecular formula is C24H30N2. The van der Waals surface area contributed by atoms with E-state index in [9.17, 15) is 5.26 Å². The molecule has 1 saturated carbocycles. The van der Waals surface area contributed by atoms with E-state index < -0.39 is 0 Å². The number of aryl methyl sites for hydroxylation is 1. The van der Waals surface area contributed by atoms with Gasteiger partial charge in [0.25, 0.3) is 0 Å². The second-order valence-electron chi connectivity index (χ2n) is 8.69. The Morgan fingerprint density at radius 2 is 1.58 bits per heavy atom. The number of para-hydroxylation sites is 1. The molecule has 3 rings (SSSR count). The van der Waals surface area contributed by atoms with Crippen LogP contribution in [0.25, 0.3) is 0 Å². The summed E-state index contributed by atoms with van der Waals surface area (Å²) in [5.74, 6) is 0.795. The molecule has 0 aromatic heterocycles. The standard InChI is InChI=1S/C24H30N2/c1-18-10-13-23(16-19(18)17-25)26(21-8-6-5-7-9-21)22-14-11-20(12-15-22)24(2,3)4/h5-10,13,16,20,22H,11-12,14-15H2,1-4H3. The third-order valence-corrected chi connectivity index (χ3v) is 5.94. The van der Waals surface area contributed by atoms with Crippen LogP contribution in [0.1, 0.15) is 57.6 Å². The molecule has 26 heavy (non-hydrogen) atoms. The Kier molecular flexibility index (Phi) is 5.37. The van der Waals surface area contributed by atoms with Crippen LogP contribution in [-0.2, 0) is 0 Å². The molecule has 0 saturated heterocycles. The first-order valence-electron chi connectivity index (χ1n) is 9.75. The van der Waals surface area contributed by atoms with Gasteiger partial charge in [-0.1, -0.05) is 45.0 Å². The zero-order chi connectivity index (χ0) is 18.7. The Balaban J connectivity index is 1.92. The topological polar surface area (TPSA) is 27.0 Å². The Bertz CT molecular complexity index is 772. The highest BCUT2D eigenvalue weighted by Gasteiger charge is 2.32. The molecule has 2 aromatic carbocycles. The smallest absolute Gasteiger partial charge is 0.0995 e. The van der Waals surface area contributed by atoms with Crippen molar-refractivity contribution in [3.8, 4) is 6.07 Å². The normalized spacial score (nSPS) is 20.4. The molecule has 0 radical (unpaired) electrons. The average molecular weight is 347 g/mol. The number of hydrogen-bond donors (Lipinski definition) is 0. The average Bonchev–Trinajstić information content (AvgIpc) is 2.64. The summed E-state index contributed by atoms with van der Waals surface area (Å²) >= 11 is 0. The fourth-order valence-electron chi connectivity index (χ4n) is 4.24. The van der Waals surface area contributed by atoms with Crippen LogP contribution in [0.2, 0.25) is 0 Å². The molecular weight excluding hydrogens is 316 g/mol. The third-order valence-electron chi connectivity index (χ3n) is 5.94. The van der Waals surface area contributed by atoms with Gasteiger partial charge in [-0.25, -0.2) is 0 Å². The van der Waals surface area contributed by atoms with Crippen LogP contribution in [0.3, 0.4) is 0 Å². The van der Waals surface area contributed by atoms with Gasteiger partial charge in [0, 0.05) is 17.4 Å². The highest BCUT2D eigenvalue weighted by Crippen LogP contribution is 2.42. The largest absolute Gasteiger partial charge is 0.338 e. The first kappa shape index (κ1) is 18.5. The summed E-state index contributed by atoms with van der Waals surface area (Å²) in [5, 5.41) is 9.46. The van der Waals surface area contributed by atoms with Gasteiger partial charge in [0.1, 0.15) is 0 Å². The van der Waals surface area contributed by atoms with E-state index in [-0.39, 0.29) is 0 Å². The van der Waals surface area contributed by atoms with Crippen molar-refractivity contribution in [1.82, 2.24) is 0 Å². The van der Waals surface area contributed by atoms with E-state index in [2.05, 4.69) is 80.3 Å². The SMILES string of the molecule is Cc1ccc(N(c2ccccc2)C2CCC(C(C)(C)C)CC2)cc1C#N. The van der Waals surface area contributed by atoms with Gasteiger partial charge in [-0.15, -0.1) is 0 Å². The number of anilines is 2. The van der Waals surface area contributed by atoms with Gasteiger partial charge in [0.15, 0.2) is 0 Å². The molecule has 0 spiro atoms. The van der Waals surface area contributed by atoms with Crippen molar-refractivity contribution in [2.45, 2.75) is 59.4 Å². The molecule has 2 aromatic rings. The Morgan fingerprint density at radius 1 is 0.923 bits per heavy atom. The molecule has 1 aliphatic rings. The van der Waals surface area contributed by atoms with Crippen molar-refractivity contribution in [3.63, 3.8) is 0 Å². The maximum atomic E-state index is 9.46. The first-order valence-corrected chi connectivity index (χ1v) is 9.75. The lowest BCUT2D eigenvalue weighted by molar-refractivity contribution is 0.169. The van der Waals surface area contributed by atoms with Gasteiger partial charge in [0.05, 0.1) is 11.6 Å². The van der Waals surface area contributed by atoms with Gasteiger partial charge in [-0.2, -0.15) is 5.26 Å². The molecule has 0 aliphatic heterocycles. The van der Waals surface area contributed by atoms with Crippen LogP contribution in [-0.4, -0.2) is 6.04 Å². The van der Waals surface area contributed by atoms with Crippen LogP contribution in [0.4, 0.5) is 11.4 Å². The lowest BCUT2D eigenvalue weighted by Gasteiger charge is -2.42. The zero-order valence-electron chi connectivity index (χ0n) is 16.5. The number of nitrogens with zero attached hydrogens (tertiary/aromatic N) is 2. The number of nitriles is 1. The predicted molar refractivity (Wildman–Crippen MR) is 110 cm³/mol. The van der Waals surface area contributed by atoms with Crippen LogP contribution >= 0.6 is 0 Å². The molecule has 0 N–H and O–H groups in total. The van der Waals surface area contributed by atoms with Crippen molar-refractivity contribution in [2.24, 2.45) is 11.3 Å². The van der Waals surface area contributed by atoms with Crippen molar-refractivity contribution in [3.05, 3.63) is 59.7 Å². The van der Waals surface area contributed by atoms with Crippen LogP contribution < -0.4 is 4.90 Å². The summed E-state index contributed by atoms with van der Waals surface area (Å²) in [4.78, 5) is 2.46. The van der Waals surface area contributed by atoms with Crippen LogP contribution in [0, 0.1) is 29.6 Å². The molecule has 0 heterocycles. The van der Waals surface area contributed by atoms with E-state index in [1.165, 1.54) is 31.4 Å². The third kappa shape index (κ3) is 3.93. The minimum atomic E-state index is 0.389. The quantitative estimate of drug-likeness (QED) is 0.625. The van der Waals surface area contributed by atoms with Crippen LogP contribution in [0.5, 0.6) is 0 Å². The molecule has 1 fully saturated rings. The molecule has 0 atom stereocenters. The summed E-state index contributed by atoms with van der Waals surface area (Å²) < 4.78 is 0. The minimum Gasteiger partial charge on any atom is -0.338 e. The van der Waals surface area contributed by atoms with E-state index in [1.54, 1.807) is 0 Å². The maximum absolute atomic E-state index is 9.46. The summed E-state index contributed by atoms with van der Waals surface area (Å²) in [7, 11) is 0. The fraction of sp³-hybridized carbons (Fsp3) is 0.458. The fourth-order valence-corrected chi connectivity index (χ4v) is 4.24. The first-order chi connectivity index (χ1) is 12.4. The summed E-state index contributed by atoms with van der Waals surface area (Å²) in [6, 6.07) is 19.8. The van der Waals surface area contributed by atoms with E-state index in [1.807, 2.05) is 6.92 Å². The van der Waals surface area contributed by atoms with Crippen molar-refractivity contribution in [2.75, 3.05) is 4.90 Å². The van der Waals surface area contributed by atoms with Crippen molar-refractivity contribution < 1.29 is 0 Å². The van der Waals surface area contributed by atoms with Crippen molar-refractivity contribution in [1.29, 1.82) is 5.26 Å². The molecule has 0 unspecified atom stereocenters. The molecule has 0 amide bonds. The van der Waals surface area contributed by atoms with E-state index in [0.717, 1.165) is 22.7 Å². The second-order valence-corrected chi connectivity index (χ2v) is 8.69. The van der Waals surface area contributed by atoms with E-state index >= 15 is 0 Å².